The molecule has 3 aromatic carbocycles. The summed E-state index contributed by atoms with van der Waals surface area (Å²) in [7, 11) is 0. The minimum absolute atomic E-state index is 0.0498. The predicted molar refractivity (Wildman–Crippen MR) is 113 cm³/mol. The Bertz CT molecular complexity index is 1130. The zero-order valence-corrected chi connectivity index (χ0v) is 16.4. The molecule has 8 heteroatoms. The van der Waals surface area contributed by atoms with Gasteiger partial charge in [-0.25, -0.2) is 0 Å². The van der Waals surface area contributed by atoms with Crippen molar-refractivity contribution in [3.63, 3.8) is 0 Å². The van der Waals surface area contributed by atoms with E-state index in [-0.39, 0.29) is 31.1 Å². The van der Waals surface area contributed by atoms with Crippen LogP contribution in [-0.2, 0) is 20.9 Å². The maximum Gasteiger partial charge on any atom is 0.326 e. The van der Waals surface area contributed by atoms with Crippen molar-refractivity contribution < 1.29 is 24.0 Å². The number of rotatable bonds is 6. The lowest BCUT2D eigenvalue weighted by Gasteiger charge is -2.28. The Morgan fingerprint density at radius 1 is 1.03 bits per heavy atom. The standard InChI is InChI=1S/C23H18N2O6/c26-22-15-30-21-11-10-19(25(28)29)12-20(21)24(22)13-23(27)31-14-16-6-8-18(9-7-16)17-4-2-1-3-5-17/h1-12H,13-15H2. The number of nitro benzene ring substituents is 1. The summed E-state index contributed by atoms with van der Waals surface area (Å²) in [6, 6.07) is 21.4. The number of carbonyl (C=O) groups excluding carboxylic acids is 2. The van der Waals surface area contributed by atoms with Crippen LogP contribution >= 0.6 is 0 Å². The molecule has 0 aliphatic carbocycles. The fourth-order valence-corrected chi connectivity index (χ4v) is 3.24. The molecule has 1 aliphatic rings. The van der Waals surface area contributed by atoms with E-state index < -0.39 is 16.8 Å². The second kappa shape index (κ2) is 8.66. The van der Waals surface area contributed by atoms with Gasteiger partial charge in [0.1, 0.15) is 18.9 Å². The first-order valence-electron chi connectivity index (χ1n) is 9.53. The van der Waals surface area contributed by atoms with E-state index in [0.717, 1.165) is 21.6 Å². The zero-order valence-electron chi connectivity index (χ0n) is 16.4. The predicted octanol–water partition coefficient (Wildman–Crippen LogP) is 3.73. The number of amides is 1. The first-order valence-corrected chi connectivity index (χ1v) is 9.53. The highest BCUT2D eigenvalue weighted by Gasteiger charge is 2.29. The number of nitro groups is 1. The number of hydrogen-bond donors (Lipinski definition) is 0. The minimum atomic E-state index is -0.625. The van der Waals surface area contributed by atoms with Crippen molar-refractivity contribution in [3.8, 4) is 16.9 Å². The van der Waals surface area contributed by atoms with Gasteiger partial charge in [0.05, 0.1) is 10.6 Å². The van der Waals surface area contributed by atoms with Crippen LogP contribution in [-0.4, -0.2) is 30.0 Å². The van der Waals surface area contributed by atoms with Crippen LogP contribution in [0.3, 0.4) is 0 Å². The smallest absolute Gasteiger partial charge is 0.326 e. The SMILES string of the molecule is O=C(CN1C(=O)COc2ccc([N+](=O)[O-])cc21)OCc1ccc(-c2ccccc2)cc1. The molecule has 1 amide bonds. The van der Waals surface area contributed by atoms with Gasteiger partial charge in [-0.2, -0.15) is 0 Å². The summed E-state index contributed by atoms with van der Waals surface area (Å²) >= 11 is 0. The lowest BCUT2D eigenvalue weighted by molar-refractivity contribution is -0.384. The Kier molecular flexibility index (Phi) is 5.61. The molecule has 0 saturated carbocycles. The fourth-order valence-electron chi connectivity index (χ4n) is 3.24. The number of fused-ring (bicyclic) bond motifs is 1. The van der Waals surface area contributed by atoms with Crippen molar-refractivity contribution in [1.29, 1.82) is 0 Å². The van der Waals surface area contributed by atoms with Crippen LogP contribution in [0.15, 0.2) is 72.8 Å². The van der Waals surface area contributed by atoms with Gasteiger partial charge in [-0.05, 0) is 22.8 Å². The normalized spacial score (nSPS) is 12.6. The molecule has 0 bridgehead atoms. The van der Waals surface area contributed by atoms with Crippen molar-refractivity contribution in [1.82, 2.24) is 0 Å². The molecule has 3 aromatic rings. The summed E-state index contributed by atoms with van der Waals surface area (Å²) in [5.74, 6) is -0.800. The number of benzene rings is 3. The lowest BCUT2D eigenvalue weighted by atomic mass is 10.0. The number of non-ortho nitro benzene ring substituents is 1. The van der Waals surface area contributed by atoms with Crippen LogP contribution in [0.4, 0.5) is 11.4 Å². The highest BCUT2D eigenvalue weighted by atomic mass is 16.6. The number of ether oxygens (including phenoxy) is 2. The van der Waals surface area contributed by atoms with Crippen molar-refractivity contribution in [2.75, 3.05) is 18.1 Å². The molecule has 156 valence electrons. The highest BCUT2D eigenvalue weighted by Crippen LogP contribution is 2.35. The monoisotopic (exact) mass is 418 g/mol. The number of anilines is 1. The lowest BCUT2D eigenvalue weighted by Crippen LogP contribution is -2.42. The van der Waals surface area contributed by atoms with Crippen molar-refractivity contribution in [2.24, 2.45) is 0 Å². The van der Waals surface area contributed by atoms with Crippen molar-refractivity contribution >= 4 is 23.3 Å². The van der Waals surface area contributed by atoms with E-state index >= 15 is 0 Å². The Balaban J connectivity index is 1.41. The molecule has 0 fully saturated rings. The van der Waals surface area contributed by atoms with Crippen LogP contribution in [0.1, 0.15) is 5.56 Å². The van der Waals surface area contributed by atoms with Gasteiger partial charge in [-0.3, -0.25) is 24.6 Å². The van der Waals surface area contributed by atoms with E-state index in [1.165, 1.54) is 18.2 Å². The molecule has 0 unspecified atom stereocenters. The number of nitrogens with zero attached hydrogens (tertiary/aromatic N) is 2. The first kappa shape index (κ1) is 20.1. The fraction of sp³-hybridized carbons (Fsp3) is 0.130. The van der Waals surface area contributed by atoms with E-state index in [4.69, 9.17) is 9.47 Å². The molecule has 1 aliphatic heterocycles. The summed E-state index contributed by atoms with van der Waals surface area (Å²) in [6.45, 7) is -0.564. The summed E-state index contributed by atoms with van der Waals surface area (Å²) < 4.78 is 10.6. The van der Waals surface area contributed by atoms with Crippen LogP contribution in [0.5, 0.6) is 5.75 Å². The molecule has 0 N–H and O–H groups in total. The molecule has 31 heavy (non-hydrogen) atoms. The minimum Gasteiger partial charge on any atom is -0.482 e. The highest BCUT2D eigenvalue weighted by molar-refractivity contribution is 6.01. The first-order chi connectivity index (χ1) is 15.0. The van der Waals surface area contributed by atoms with E-state index in [1.807, 2.05) is 54.6 Å². The molecule has 4 rings (SSSR count). The maximum atomic E-state index is 12.4. The number of esters is 1. The number of hydrogen-bond acceptors (Lipinski definition) is 6. The molecule has 0 saturated heterocycles. The van der Waals surface area contributed by atoms with Gasteiger partial charge in [0.15, 0.2) is 6.61 Å². The second-order valence-electron chi connectivity index (χ2n) is 6.90. The summed E-state index contributed by atoms with van der Waals surface area (Å²) in [5.41, 5.74) is 2.92. The van der Waals surface area contributed by atoms with Crippen LogP contribution in [0.25, 0.3) is 11.1 Å². The maximum absolute atomic E-state index is 12.4. The molecular weight excluding hydrogens is 400 g/mol. The molecule has 0 atom stereocenters. The summed E-state index contributed by atoms with van der Waals surface area (Å²) in [5, 5.41) is 11.0. The average Bonchev–Trinajstić information content (AvgIpc) is 2.80. The molecular formula is C23H18N2O6. The zero-order chi connectivity index (χ0) is 21.8. The van der Waals surface area contributed by atoms with Gasteiger partial charge in [-0.15, -0.1) is 0 Å². The van der Waals surface area contributed by atoms with E-state index in [9.17, 15) is 19.7 Å². The third-order valence-electron chi connectivity index (χ3n) is 4.84. The van der Waals surface area contributed by atoms with Gasteiger partial charge in [0.2, 0.25) is 0 Å². The molecule has 0 spiro atoms. The van der Waals surface area contributed by atoms with Crippen molar-refractivity contribution in [2.45, 2.75) is 6.61 Å². The van der Waals surface area contributed by atoms with Gasteiger partial charge in [-0.1, -0.05) is 54.6 Å². The van der Waals surface area contributed by atoms with Gasteiger partial charge in [0.25, 0.3) is 11.6 Å². The third kappa shape index (κ3) is 4.53. The van der Waals surface area contributed by atoms with Crippen molar-refractivity contribution in [3.05, 3.63) is 88.5 Å². The molecule has 0 radical (unpaired) electrons. The summed E-state index contributed by atoms with van der Waals surface area (Å²) in [6.07, 6.45) is 0. The van der Waals surface area contributed by atoms with E-state index in [2.05, 4.69) is 0 Å². The number of carbonyl (C=O) groups is 2. The van der Waals surface area contributed by atoms with Crippen LogP contribution in [0.2, 0.25) is 0 Å². The van der Waals surface area contributed by atoms with Gasteiger partial charge < -0.3 is 9.47 Å². The Labute approximate surface area is 177 Å². The van der Waals surface area contributed by atoms with Crippen LogP contribution < -0.4 is 9.64 Å². The van der Waals surface area contributed by atoms with E-state index in [0.29, 0.717) is 5.75 Å². The molecule has 0 aromatic heterocycles. The quantitative estimate of drug-likeness (QED) is 0.344. The third-order valence-corrected chi connectivity index (χ3v) is 4.84. The van der Waals surface area contributed by atoms with E-state index in [1.54, 1.807) is 0 Å². The average molecular weight is 418 g/mol. The molecule has 1 heterocycles. The topological polar surface area (TPSA) is 99.0 Å². The Morgan fingerprint density at radius 2 is 1.74 bits per heavy atom. The molecule has 8 nitrogen and oxygen atoms in total. The van der Waals surface area contributed by atoms with Gasteiger partial charge >= 0.3 is 5.97 Å². The van der Waals surface area contributed by atoms with Crippen LogP contribution in [0, 0.1) is 10.1 Å². The Morgan fingerprint density at radius 3 is 2.45 bits per heavy atom. The second-order valence-corrected chi connectivity index (χ2v) is 6.90. The largest absolute Gasteiger partial charge is 0.482 e. The van der Waals surface area contributed by atoms with Gasteiger partial charge in [0, 0.05) is 12.1 Å². The summed E-state index contributed by atoms with van der Waals surface area (Å²) in [4.78, 5) is 36.2. The Hall–Kier alpha value is -4.20.